The number of hydrogen-bond donors (Lipinski definition) is 2. The maximum Gasteiger partial charge on any atom is 0.318 e. The molecule has 0 bridgehead atoms. The van der Waals surface area contributed by atoms with Gasteiger partial charge in [-0.3, -0.25) is 5.84 Å². The van der Waals surface area contributed by atoms with Gasteiger partial charge in [0, 0.05) is 44.5 Å². The second kappa shape index (κ2) is 5.38. The van der Waals surface area contributed by atoms with Gasteiger partial charge in [0.05, 0.1) is 0 Å². The molecule has 3 rings (SSSR count). The van der Waals surface area contributed by atoms with E-state index in [9.17, 15) is 0 Å². The number of nitrogens with two attached hydrogens (primary N) is 1. The second-order valence-electron chi connectivity index (χ2n) is 4.77. The summed E-state index contributed by atoms with van der Waals surface area (Å²) in [6, 6.07) is 8.71. The summed E-state index contributed by atoms with van der Waals surface area (Å²) in [5.41, 5.74) is 4.74. The Hall–Kier alpha value is -2.28. The minimum absolute atomic E-state index is 0.604. The molecular formula is C13H18N6O. The van der Waals surface area contributed by atoms with Crippen molar-refractivity contribution in [2.24, 2.45) is 5.84 Å². The minimum atomic E-state index is 0.604. The van der Waals surface area contributed by atoms with Crippen LogP contribution in [0.1, 0.15) is 5.89 Å². The summed E-state index contributed by atoms with van der Waals surface area (Å²) in [5, 5.41) is 7.93. The Kier molecular flexibility index (Phi) is 3.42. The van der Waals surface area contributed by atoms with Crippen molar-refractivity contribution in [3.8, 4) is 0 Å². The minimum Gasteiger partial charge on any atom is -0.408 e. The van der Waals surface area contributed by atoms with Gasteiger partial charge >= 0.3 is 6.01 Å². The number of rotatable bonds is 3. The Morgan fingerprint density at radius 2 is 1.70 bits per heavy atom. The molecule has 7 nitrogen and oxygen atoms in total. The van der Waals surface area contributed by atoms with E-state index in [1.54, 1.807) is 6.92 Å². The quantitative estimate of drug-likeness (QED) is 0.638. The highest BCUT2D eigenvalue weighted by molar-refractivity contribution is 5.55. The van der Waals surface area contributed by atoms with Crippen molar-refractivity contribution in [3.63, 3.8) is 0 Å². The van der Waals surface area contributed by atoms with Crippen LogP contribution in [0.25, 0.3) is 0 Å². The van der Waals surface area contributed by atoms with Crippen molar-refractivity contribution >= 4 is 17.4 Å². The highest BCUT2D eigenvalue weighted by Gasteiger charge is 2.20. The zero-order valence-electron chi connectivity index (χ0n) is 11.4. The predicted octanol–water partition coefficient (Wildman–Crippen LogP) is 0.990. The molecule has 20 heavy (non-hydrogen) atoms. The van der Waals surface area contributed by atoms with E-state index >= 15 is 0 Å². The number of hydrogen-bond acceptors (Lipinski definition) is 7. The van der Waals surface area contributed by atoms with Crippen molar-refractivity contribution in [2.75, 3.05) is 41.4 Å². The molecule has 1 saturated heterocycles. The maximum absolute atomic E-state index is 5.46. The molecule has 0 spiro atoms. The molecule has 0 amide bonds. The van der Waals surface area contributed by atoms with Crippen LogP contribution in [0, 0.1) is 6.92 Å². The van der Waals surface area contributed by atoms with Gasteiger partial charge in [-0.1, -0.05) is 5.10 Å². The van der Waals surface area contributed by atoms with Crippen LogP contribution in [0.3, 0.4) is 0 Å². The summed E-state index contributed by atoms with van der Waals surface area (Å²) >= 11 is 0. The number of piperazine rings is 1. The second-order valence-corrected chi connectivity index (χ2v) is 4.77. The molecule has 1 aromatic carbocycles. The van der Waals surface area contributed by atoms with Crippen molar-refractivity contribution < 1.29 is 4.42 Å². The third-order valence-corrected chi connectivity index (χ3v) is 3.46. The Bertz CT molecular complexity index is 558. The van der Waals surface area contributed by atoms with Gasteiger partial charge in [-0.15, -0.1) is 5.10 Å². The zero-order valence-corrected chi connectivity index (χ0v) is 11.4. The average Bonchev–Trinajstić information content (AvgIpc) is 2.94. The van der Waals surface area contributed by atoms with Crippen LogP contribution in [-0.2, 0) is 0 Å². The summed E-state index contributed by atoms with van der Waals surface area (Å²) < 4.78 is 5.46. The molecule has 0 atom stereocenters. The molecule has 3 N–H and O–H groups in total. The first-order valence-corrected chi connectivity index (χ1v) is 6.63. The Morgan fingerprint density at radius 1 is 1.05 bits per heavy atom. The monoisotopic (exact) mass is 274 g/mol. The van der Waals surface area contributed by atoms with Crippen molar-refractivity contribution in [3.05, 3.63) is 30.2 Å². The van der Waals surface area contributed by atoms with Gasteiger partial charge in [0.25, 0.3) is 0 Å². The van der Waals surface area contributed by atoms with Gasteiger partial charge in [0.1, 0.15) is 0 Å². The van der Waals surface area contributed by atoms with Crippen LogP contribution < -0.4 is 21.1 Å². The van der Waals surface area contributed by atoms with Crippen molar-refractivity contribution in [1.29, 1.82) is 0 Å². The number of nitrogens with one attached hydrogen (secondary N) is 1. The number of aryl methyl sites for hydroxylation is 1. The molecule has 1 fully saturated rings. The van der Waals surface area contributed by atoms with E-state index in [0.29, 0.717) is 11.9 Å². The van der Waals surface area contributed by atoms with Crippen molar-refractivity contribution in [2.45, 2.75) is 6.92 Å². The van der Waals surface area contributed by atoms with Crippen LogP contribution in [-0.4, -0.2) is 36.4 Å². The topological polar surface area (TPSA) is 83.5 Å². The molecule has 0 saturated carbocycles. The first-order chi connectivity index (χ1) is 9.76. The summed E-state index contributed by atoms with van der Waals surface area (Å²) in [4.78, 5) is 4.45. The van der Waals surface area contributed by atoms with E-state index in [1.165, 1.54) is 5.69 Å². The molecule has 0 aliphatic carbocycles. The van der Waals surface area contributed by atoms with Crippen molar-refractivity contribution in [1.82, 2.24) is 10.2 Å². The fraction of sp³-hybridized carbons (Fsp3) is 0.385. The average molecular weight is 274 g/mol. The summed E-state index contributed by atoms with van der Waals surface area (Å²) in [6.07, 6.45) is 0. The third-order valence-electron chi connectivity index (χ3n) is 3.46. The number of benzene rings is 1. The van der Waals surface area contributed by atoms with Gasteiger partial charge in [-0.2, -0.15) is 0 Å². The first-order valence-electron chi connectivity index (χ1n) is 6.63. The number of anilines is 3. The summed E-state index contributed by atoms with van der Waals surface area (Å²) in [6.45, 7) is 5.41. The van der Waals surface area contributed by atoms with Gasteiger partial charge in [-0.05, 0) is 24.3 Å². The first kappa shape index (κ1) is 12.7. The fourth-order valence-electron chi connectivity index (χ4n) is 2.34. The molecule has 0 unspecified atom stereocenters. The number of hydrazine groups is 1. The van der Waals surface area contributed by atoms with Gasteiger partial charge < -0.3 is 19.6 Å². The third kappa shape index (κ3) is 2.53. The number of nitrogens with zero attached hydrogens (tertiary/aromatic N) is 4. The fourth-order valence-corrected chi connectivity index (χ4v) is 2.34. The number of nitrogen functional groups attached to an aromatic ring is 1. The molecule has 2 aromatic rings. The van der Waals surface area contributed by atoms with Crippen LogP contribution in [0.4, 0.5) is 17.4 Å². The van der Waals surface area contributed by atoms with Gasteiger partial charge in [0.15, 0.2) is 0 Å². The van der Waals surface area contributed by atoms with Crippen LogP contribution >= 0.6 is 0 Å². The Labute approximate surface area is 117 Å². The van der Waals surface area contributed by atoms with E-state index in [2.05, 4.69) is 37.6 Å². The molecule has 2 heterocycles. The molecule has 1 aliphatic heterocycles. The predicted molar refractivity (Wildman–Crippen MR) is 77.7 cm³/mol. The van der Waals surface area contributed by atoms with Crippen LogP contribution in [0.15, 0.2) is 28.7 Å². The smallest absolute Gasteiger partial charge is 0.318 e. The van der Waals surface area contributed by atoms with Gasteiger partial charge in [-0.25, -0.2) is 0 Å². The largest absolute Gasteiger partial charge is 0.408 e. The maximum atomic E-state index is 5.46. The summed E-state index contributed by atoms with van der Waals surface area (Å²) in [5.74, 6) is 5.97. The zero-order chi connectivity index (χ0) is 13.9. The molecule has 1 aromatic heterocycles. The lowest BCUT2D eigenvalue weighted by molar-refractivity contribution is 0.492. The van der Waals surface area contributed by atoms with Crippen LogP contribution in [0.5, 0.6) is 0 Å². The van der Waals surface area contributed by atoms with Gasteiger partial charge in [0.2, 0.25) is 5.89 Å². The molecule has 0 radical (unpaired) electrons. The van der Waals surface area contributed by atoms with Crippen LogP contribution in [0.2, 0.25) is 0 Å². The van der Waals surface area contributed by atoms with E-state index in [-0.39, 0.29) is 0 Å². The lowest BCUT2D eigenvalue weighted by Gasteiger charge is -2.35. The Morgan fingerprint density at radius 3 is 2.25 bits per heavy atom. The lowest BCUT2D eigenvalue weighted by Crippen LogP contribution is -2.46. The molecular weight excluding hydrogens is 256 g/mol. The molecule has 1 aliphatic rings. The normalized spacial score (nSPS) is 15.5. The Balaban J connectivity index is 1.63. The van der Waals surface area contributed by atoms with E-state index in [0.717, 1.165) is 31.9 Å². The SMILES string of the molecule is Cc1nnc(N2CCN(c3ccc(NN)cc3)CC2)o1. The molecule has 7 heteroatoms. The highest BCUT2D eigenvalue weighted by atomic mass is 16.4. The molecule has 106 valence electrons. The summed E-state index contributed by atoms with van der Waals surface area (Å²) in [7, 11) is 0. The van der Waals surface area contributed by atoms with E-state index < -0.39 is 0 Å². The highest BCUT2D eigenvalue weighted by Crippen LogP contribution is 2.21. The lowest BCUT2D eigenvalue weighted by atomic mass is 10.2. The standard InChI is InChI=1S/C13H18N6O/c1-10-16-17-13(20-10)19-8-6-18(7-9-19)12-4-2-11(15-14)3-5-12/h2-5,15H,6-9,14H2,1H3. The van der Waals surface area contributed by atoms with E-state index in [4.69, 9.17) is 10.3 Å². The van der Waals surface area contributed by atoms with E-state index in [1.807, 2.05) is 12.1 Å². The number of aromatic nitrogens is 2.